The summed E-state index contributed by atoms with van der Waals surface area (Å²) < 4.78 is 0.929. The van der Waals surface area contributed by atoms with Gasteiger partial charge in [0, 0.05) is 62.2 Å². The summed E-state index contributed by atoms with van der Waals surface area (Å²) in [5.41, 5.74) is 1.50. The number of nitrogens with zero attached hydrogens (tertiary/aromatic N) is 4. The predicted molar refractivity (Wildman–Crippen MR) is 194 cm³/mol. The van der Waals surface area contributed by atoms with Gasteiger partial charge in [-0.1, -0.05) is 108 Å². The molecule has 0 N–H and O–H groups in total. The van der Waals surface area contributed by atoms with E-state index in [1.54, 1.807) is 34.1 Å². The SMILES string of the molecule is O=C(CCCN1C(=O)C(=Cc2ccccc2Cl)SC1=S)N1CCN(C(=O)CCCN2C(=O)C(=Cc3ccccc3Cl)SC2=S)CC1. The molecule has 2 aromatic rings. The van der Waals surface area contributed by atoms with E-state index in [9.17, 15) is 19.2 Å². The van der Waals surface area contributed by atoms with E-state index in [1.807, 2.05) is 36.4 Å². The minimum absolute atomic E-state index is 0.0108. The van der Waals surface area contributed by atoms with Crippen molar-refractivity contribution in [1.82, 2.24) is 19.6 Å². The van der Waals surface area contributed by atoms with Gasteiger partial charge in [-0.05, 0) is 48.3 Å². The lowest BCUT2D eigenvalue weighted by atomic mass is 10.2. The van der Waals surface area contributed by atoms with Crippen molar-refractivity contribution in [3.8, 4) is 0 Å². The van der Waals surface area contributed by atoms with Gasteiger partial charge in [-0.25, -0.2) is 0 Å². The second kappa shape index (κ2) is 15.9. The number of benzene rings is 2. The van der Waals surface area contributed by atoms with Crippen LogP contribution in [-0.2, 0) is 19.2 Å². The molecule has 0 atom stereocenters. The van der Waals surface area contributed by atoms with Crippen molar-refractivity contribution in [3.63, 3.8) is 0 Å². The van der Waals surface area contributed by atoms with Gasteiger partial charge in [-0.3, -0.25) is 29.0 Å². The Labute approximate surface area is 297 Å². The Bertz CT molecular complexity index is 1520. The monoisotopic (exact) mass is 732 g/mol. The molecule has 0 aliphatic carbocycles. The quantitative estimate of drug-likeness (QED) is 0.207. The highest BCUT2D eigenvalue weighted by molar-refractivity contribution is 8.27. The molecule has 3 fully saturated rings. The van der Waals surface area contributed by atoms with Crippen molar-refractivity contribution in [2.24, 2.45) is 0 Å². The number of carbonyl (C=O) groups is 4. The zero-order valence-electron chi connectivity index (χ0n) is 24.7. The number of thioether (sulfide) groups is 2. The van der Waals surface area contributed by atoms with Crippen LogP contribution in [0, 0.1) is 0 Å². The molecule has 0 spiro atoms. The molecule has 3 aliphatic heterocycles. The zero-order chi connectivity index (χ0) is 32.8. The van der Waals surface area contributed by atoms with E-state index in [2.05, 4.69) is 0 Å². The fourth-order valence-corrected chi connectivity index (χ4v) is 8.13. The second-order valence-electron chi connectivity index (χ2n) is 10.7. The fourth-order valence-electron chi connectivity index (χ4n) is 5.15. The molecule has 0 unspecified atom stereocenters. The summed E-state index contributed by atoms with van der Waals surface area (Å²) in [6.45, 7) is 2.52. The number of halogens is 2. The number of carbonyl (C=O) groups excluding carboxylic acids is 4. The van der Waals surface area contributed by atoms with Crippen LogP contribution in [0.25, 0.3) is 12.2 Å². The summed E-state index contributed by atoms with van der Waals surface area (Å²) in [7, 11) is 0. The van der Waals surface area contributed by atoms with Crippen LogP contribution in [0.3, 0.4) is 0 Å². The highest BCUT2D eigenvalue weighted by Gasteiger charge is 2.33. The molecule has 0 aromatic heterocycles. The number of thiocarbonyl (C=S) groups is 2. The van der Waals surface area contributed by atoms with E-state index in [4.69, 9.17) is 47.6 Å². The van der Waals surface area contributed by atoms with Gasteiger partial charge >= 0.3 is 0 Å². The van der Waals surface area contributed by atoms with Gasteiger partial charge in [0.1, 0.15) is 8.64 Å². The van der Waals surface area contributed by atoms with E-state index < -0.39 is 0 Å². The molecule has 2 aromatic carbocycles. The Morgan fingerprint density at radius 2 is 1.04 bits per heavy atom. The van der Waals surface area contributed by atoms with Gasteiger partial charge in [0.2, 0.25) is 11.8 Å². The van der Waals surface area contributed by atoms with E-state index in [0.29, 0.717) is 80.6 Å². The number of hydrogen-bond acceptors (Lipinski definition) is 8. The molecule has 14 heteroatoms. The van der Waals surface area contributed by atoms with Gasteiger partial charge in [0.15, 0.2) is 0 Å². The molecule has 3 heterocycles. The Morgan fingerprint density at radius 3 is 1.41 bits per heavy atom. The first-order valence-corrected chi connectivity index (χ1v) is 17.9. The van der Waals surface area contributed by atoms with Gasteiger partial charge in [-0.2, -0.15) is 0 Å². The maximum Gasteiger partial charge on any atom is 0.266 e. The largest absolute Gasteiger partial charge is 0.339 e. The van der Waals surface area contributed by atoms with Crippen molar-refractivity contribution in [2.45, 2.75) is 25.7 Å². The molecular weight excluding hydrogens is 704 g/mol. The number of hydrogen-bond donors (Lipinski definition) is 0. The lowest BCUT2D eigenvalue weighted by Crippen LogP contribution is -2.50. The van der Waals surface area contributed by atoms with E-state index in [-0.39, 0.29) is 36.5 Å². The van der Waals surface area contributed by atoms with Crippen LogP contribution in [0.1, 0.15) is 36.8 Å². The maximum atomic E-state index is 12.9. The van der Waals surface area contributed by atoms with Crippen molar-refractivity contribution < 1.29 is 19.2 Å². The van der Waals surface area contributed by atoms with Crippen LogP contribution >= 0.6 is 71.2 Å². The first-order chi connectivity index (χ1) is 22.1. The van der Waals surface area contributed by atoms with Gasteiger partial charge in [0.05, 0.1) is 9.81 Å². The average molecular weight is 734 g/mol. The first-order valence-electron chi connectivity index (χ1n) is 14.7. The topological polar surface area (TPSA) is 81.2 Å². The second-order valence-corrected chi connectivity index (χ2v) is 14.8. The van der Waals surface area contributed by atoms with Crippen LogP contribution < -0.4 is 0 Å². The molecular formula is C32H30Cl2N4O4S4. The van der Waals surface area contributed by atoms with E-state index in [0.717, 1.165) is 11.1 Å². The van der Waals surface area contributed by atoms with Crippen molar-refractivity contribution >= 4 is 116 Å². The van der Waals surface area contributed by atoms with Gasteiger partial charge in [-0.15, -0.1) is 0 Å². The number of amides is 4. The van der Waals surface area contributed by atoms with Crippen LogP contribution in [0.2, 0.25) is 10.0 Å². The molecule has 3 saturated heterocycles. The molecule has 0 saturated carbocycles. The Balaban J connectivity index is 1.01. The van der Waals surface area contributed by atoms with Crippen LogP contribution in [-0.4, -0.2) is 91.1 Å². The molecule has 5 rings (SSSR count). The predicted octanol–water partition coefficient (Wildman–Crippen LogP) is 6.33. The highest BCUT2D eigenvalue weighted by atomic mass is 35.5. The van der Waals surface area contributed by atoms with Crippen LogP contribution in [0.5, 0.6) is 0 Å². The van der Waals surface area contributed by atoms with E-state index >= 15 is 0 Å². The van der Waals surface area contributed by atoms with Crippen LogP contribution in [0.15, 0.2) is 58.3 Å². The standard InChI is InChI=1S/C32H30Cl2N4O4S4/c33-23-9-3-1-7-21(23)19-25-29(41)37(31(43)45-25)13-5-11-27(39)35-15-17-36(18-16-35)28(40)12-6-14-38-30(42)26(46-32(38)44)20-22-8-2-4-10-24(22)34/h1-4,7-10,19-20H,5-6,11-18H2. The summed E-state index contributed by atoms with van der Waals surface area (Å²) in [4.78, 5) is 59.2. The third kappa shape index (κ3) is 8.39. The fraction of sp³-hybridized carbons (Fsp3) is 0.312. The van der Waals surface area contributed by atoms with Crippen molar-refractivity contribution in [2.75, 3.05) is 39.3 Å². The third-order valence-corrected chi connectivity index (χ3v) is 11.1. The highest BCUT2D eigenvalue weighted by Crippen LogP contribution is 2.35. The number of piperazine rings is 1. The van der Waals surface area contributed by atoms with Crippen LogP contribution in [0.4, 0.5) is 0 Å². The molecule has 240 valence electrons. The molecule has 3 aliphatic rings. The summed E-state index contributed by atoms with van der Waals surface area (Å²) >= 11 is 25.8. The van der Waals surface area contributed by atoms with Crippen molar-refractivity contribution in [3.05, 3.63) is 79.5 Å². The molecule has 0 radical (unpaired) electrons. The van der Waals surface area contributed by atoms with Gasteiger partial charge < -0.3 is 9.80 Å². The number of rotatable bonds is 10. The smallest absolute Gasteiger partial charge is 0.266 e. The molecule has 46 heavy (non-hydrogen) atoms. The Hall–Kier alpha value is -2.74. The first kappa shape index (κ1) is 34.6. The summed E-state index contributed by atoms with van der Waals surface area (Å²) in [6.07, 6.45) is 5.00. The van der Waals surface area contributed by atoms with Gasteiger partial charge in [0.25, 0.3) is 11.8 Å². The normalized spacial score (nSPS) is 18.9. The third-order valence-electron chi connectivity index (χ3n) is 7.66. The molecule has 4 amide bonds. The van der Waals surface area contributed by atoms with Crippen molar-refractivity contribution in [1.29, 1.82) is 0 Å². The summed E-state index contributed by atoms with van der Waals surface area (Å²) in [5, 5.41) is 1.11. The minimum atomic E-state index is -0.182. The average Bonchev–Trinajstić information content (AvgIpc) is 3.47. The maximum absolute atomic E-state index is 12.9. The molecule has 8 nitrogen and oxygen atoms in total. The molecule has 0 bridgehead atoms. The van der Waals surface area contributed by atoms with E-state index in [1.165, 1.54) is 33.3 Å². The summed E-state index contributed by atoms with van der Waals surface area (Å²) in [6, 6.07) is 14.6. The minimum Gasteiger partial charge on any atom is -0.339 e. The Morgan fingerprint density at radius 1 is 0.674 bits per heavy atom. The lowest BCUT2D eigenvalue weighted by Gasteiger charge is -2.35. The zero-order valence-corrected chi connectivity index (χ0v) is 29.4. The Kier molecular flexibility index (Phi) is 12.0. The lowest BCUT2D eigenvalue weighted by molar-refractivity contribution is -0.139. The summed E-state index contributed by atoms with van der Waals surface area (Å²) in [5.74, 6) is -0.386.